The van der Waals surface area contributed by atoms with Crippen LogP contribution in [-0.2, 0) is 9.59 Å². The van der Waals surface area contributed by atoms with Gasteiger partial charge < -0.3 is 10.2 Å². The van der Waals surface area contributed by atoms with Crippen molar-refractivity contribution in [2.75, 3.05) is 22.5 Å². The number of nitrogens with one attached hydrogen (secondary N) is 1. The van der Waals surface area contributed by atoms with Crippen molar-refractivity contribution in [1.82, 2.24) is 15.2 Å². The number of carbonyl (C=O) groups is 2. The normalized spacial score (nSPS) is 12.7. The van der Waals surface area contributed by atoms with E-state index >= 15 is 0 Å². The van der Waals surface area contributed by atoms with Crippen LogP contribution in [0.3, 0.4) is 0 Å². The van der Waals surface area contributed by atoms with Gasteiger partial charge in [-0.05, 0) is 12.1 Å². The molecule has 0 radical (unpaired) electrons. The molecule has 0 fully saturated rings. The Balaban J connectivity index is 1.41. The van der Waals surface area contributed by atoms with Gasteiger partial charge in [0, 0.05) is 11.1 Å². The first-order valence-electron chi connectivity index (χ1n) is 10.4. The number of rotatable bonds is 5. The quantitative estimate of drug-likeness (QED) is 0.454. The second-order valence-electron chi connectivity index (χ2n) is 7.36. The largest absolute Gasteiger partial charge is 0.323 e. The van der Waals surface area contributed by atoms with Crippen LogP contribution in [0.15, 0.2) is 90.1 Å². The second kappa shape index (κ2) is 9.22. The molecule has 3 aromatic carbocycles. The fraction of sp³-hybridized carbons (Fsp3) is 0.0800. The Morgan fingerprint density at radius 3 is 2.21 bits per heavy atom. The number of hydrogen-bond donors (Lipinski definition) is 1. The van der Waals surface area contributed by atoms with Crippen molar-refractivity contribution in [1.29, 1.82) is 0 Å². The maximum absolute atomic E-state index is 13.0. The summed E-state index contributed by atoms with van der Waals surface area (Å²) >= 11 is 1.20. The molecule has 0 atom stereocenters. The molecule has 7 nitrogen and oxygen atoms in total. The average Bonchev–Trinajstić information content (AvgIpc) is 2.87. The summed E-state index contributed by atoms with van der Waals surface area (Å²) in [7, 11) is 0. The number of para-hydroxylation sites is 2. The molecule has 0 saturated heterocycles. The van der Waals surface area contributed by atoms with Crippen LogP contribution in [0, 0.1) is 0 Å². The van der Waals surface area contributed by atoms with Crippen LogP contribution >= 0.6 is 11.8 Å². The fourth-order valence-corrected chi connectivity index (χ4v) is 4.28. The van der Waals surface area contributed by atoms with Crippen molar-refractivity contribution >= 4 is 35.0 Å². The molecule has 1 N–H and O–H groups in total. The van der Waals surface area contributed by atoms with E-state index in [0.717, 1.165) is 11.1 Å². The van der Waals surface area contributed by atoms with Gasteiger partial charge in [0.1, 0.15) is 17.9 Å². The lowest BCUT2D eigenvalue weighted by Gasteiger charge is -2.28. The Kier molecular flexibility index (Phi) is 5.82. The predicted octanol–water partition coefficient (Wildman–Crippen LogP) is 4.28. The van der Waals surface area contributed by atoms with Crippen molar-refractivity contribution in [2.45, 2.75) is 5.16 Å². The highest BCUT2D eigenvalue weighted by Crippen LogP contribution is 2.31. The number of carbonyl (C=O) groups excluding carboxylic acids is 2. The van der Waals surface area contributed by atoms with E-state index in [1.807, 2.05) is 78.9 Å². The Labute approximate surface area is 194 Å². The Morgan fingerprint density at radius 1 is 0.848 bits per heavy atom. The van der Waals surface area contributed by atoms with Crippen LogP contribution in [0.2, 0.25) is 0 Å². The number of thioether (sulfide) groups is 1. The highest BCUT2D eigenvalue weighted by Gasteiger charge is 2.26. The molecule has 2 heterocycles. The first-order chi connectivity index (χ1) is 16.2. The van der Waals surface area contributed by atoms with Crippen molar-refractivity contribution in [3.8, 4) is 22.5 Å². The van der Waals surface area contributed by atoms with E-state index in [1.54, 1.807) is 6.07 Å². The lowest BCUT2D eigenvalue weighted by Crippen LogP contribution is -2.43. The number of fused-ring (bicyclic) bond motifs is 1. The summed E-state index contributed by atoms with van der Waals surface area (Å²) < 4.78 is 0. The van der Waals surface area contributed by atoms with Crippen LogP contribution in [0.1, 0.15) is 0 Å². The van der Waals surface area contributed by atoms with Gasteiger partial charge in [-0.1, -0.05) is 84.6 Å². The molecular formula is C25H19N5O2S. The minimum atomic E-state index is -0.219. The zero-order chi connectivity index (χ0) is 22.6. The molecule has 0 saturated carbocycles. The van der Waals surface area contributed by atoms with Gasteiger partial charge in [0.2, 0.25) is 17.0 Å². The molecule has 0 spiro atoms. The van der Waals surface area contributed by atoms with Gasteiger partial charge in [-0.2, -0.15) is 0 Å². The molecule has 1 aliphatic heterocycles. The number of anilines is 2. The summed E-state index contributed by atoms with van der Waals surface area (Å²) in [5, 5.41) is 11.9. The van der Waals surface area contributed by atoms with Crippen molar-refractivity contribution in [2.24, 2.45) is 0 Å². The number of hydrogen-bond acceptors (Lipinski definition) is 6. The van der Waals surface area contributed by atoms with E-state index in [1.165, 1.54) is 16.7 Å². The van der Waals surface area contributed by atoms with Gasteiger partial charge in [0.15, 0.2) is 0 Å². The van der Waals surface area contributed by atoms with Crippen molar-refractivity contribution in [3.63, 3.8) is 0 Å². The van der Waals surface area contributed by atoms with E-state index in [4.69, 9.17) is 4.98 Å². The summed E-state index contributed by atoms with van der Waals surface area (Å²) in [5.74, 6) is -0.329. The monoisotopic (exact) mass is 453 g/mol. The maximum atomic E-state index is 13.0. The van der Waals surface area contributed by atoms with Gasteiger partial charge in [-0.15, -0.1) is 10.2 Å². The molecule has 162 valence electrons. The summed E-state index contributed by atoms with van der Waals surface area (Å²) in [6.45, 7) is -0.0161. The highest BCUT2D eigenvalue weighted by molar-refractivity contribution is 7.99. The summed E-state index contributed by atoms with van der Waals surface area (Å²) in [6.07, 6.45) is 0. The number of aromatic nitrogens is 3. The molecule has 0 aliphatic carbocycles. The molecule has 4 aromatic rings. The van der Waals surface area contributed by atoms with Gasteiger partial charge in [0.05, 0.1) is 17.1 Å². The minimum absolute atomic E-state index is 0.0161. The van der Waals surface area contributed by atoms with Crippen LogP contribution in [0.4, 0.5) is 11.4 Å². The van der Waals surface area contributed by atoms with E-state index in [0.29, 0.717) is 27.9 Å². The van der Waals surface area contributed by atoms with Crippen LogP contribution < -0.4 is 10.2 Å². The molecule has 0 bridgehead atoms. The van der Waals surface area contributed by atoms with Crippen LogP contribution in [0.5, 0.6) is 0 Å². The average molecular weight is 454 g/mol. The SMILES string of the molecule is O=C1CN(C(=O)CSc2nnc(-c3ccccc3)c(-c3ccccc3)n2)c2ccccc2N1. The molecule has 1 aromatic heterocycles. The lowest BCUT2D eigenvalue weighted by atomic mass is 10.0. The third-order valence-corrected chi connectivity index (χ3v) is 5.98. The standard InChI is InChI=1S/C25H19N5O2S/c31-21-15-30(20-14-8-7-13-19(20)26-21)22(32)16-33-25-27-23(17-9-3-1-4-10-17)24(28-29-25)18-11-5-2-6-12-18/h1-14H,15-16H2,(H,26,31). The van der Waals surface area contributed by atoms with Crippen LogP contribution in [0.25, 0.3) is 22.5 Å². The first kappa shape index (κ1) is 20.8. The second-order valence-corrected chi connectivity index (χ2v) is 8.30. The Morgan fingerprint density at radius 2 is 1.48 bits per heavy atom. The van der Waals surface area contributed by atoms with Crippen molar-refractivity contribution < 1.29 is 9.59 Å². The number of nitrogens with zero attached hydrogens (tertiary/aromatic N) is 4. The van der Waals surface area contributed by atoms with E-state index < -0.39 is 0 Å². The first-order valence-corrected chi connectivity index (χ1v) is 11.4. The van der Waals surface area contributed by atoms with Gasteiger partial charge >= 0.3 is 0 Å². The number of amides is 2. The van der Waals surface area contributed by atoms with Gasteiger partial charge in [0.25, 0.3) is 0 Å². The molecule has 33 heavy (non-hydrogen) atoms. The predicted molar refractivity (Wildman–Crippen MR) is 129 cm³/mol. The Bertz CT molecular complexity index is 1310. The van der Waals surface area contributed by atoms with E-state index in [2.05, 4.69) is 15.5 Å². The molecule has 0 unspecified atom stereocenters. The van der Waals surface area contributed by atoms with E-state index in [-0.39, 0.29) is 24.1 Å². The molecule has 1 aliphatic rings. The zero-order valence-electron chi connectivity index (χ0n) is 17.5. The molecule has 8 heteroatoms. The maximum Gasteiger partial charge on any atom is 0.244 e. The van der Waals surface area contributed by atoms with Gasteiger partial charge in [-0.25, -0.2) is 4.98 Å². The zero-order valence-corrected chi connectivity index (χ0v) is 18.3. The summed E-state index contributed by atoms with van der Waals surface area (Å²) in [4.78, 5) is 31.2. The molecule has 2 amide bonds. The van der Waals surface area contributed by atoms with E-state index in [9.17, 15) is 9.59 Å². The number of benzene rings is 3. The van der Waals surface area contributed by atoms with Crippen LogP contribution in [-0.4, -0.2) is 39.3 Å². The highest BCUT2D eigenvalue weighted by atomic mass is 32.2. The minimum Gasteiger partial charge on any atom is -0.323 e. The lowest BCUT2D eigenvalue weighted by molar-refractivity contribution is -0.120. The molecular weight excluding hydrogens is 434 g/mol. The van der Waals surface area contributed by atoms with Crippen molar-refractivity contribution in [3.05, 3.63) is 84.9 Å². The summed E-state index contributed by atoms with van der Waals surface area (Å²) in [5.41, 5.74) is 4.53. The topological polar surface area (TPSA) is 88.1 Å². The summed E-state index contributed by atoms with van der Waals surface area (Å²) in [6, 6.07) is 26.8. The third kappa shape index (κ3) is 4.47. The smallest absolute Gasteiger partial charge is 0.244 e. The van der Waals surface area contributed by atoms with Gasteiger partial charge in [-0.3, -0.25) is 9.59 Å². The third-order valence-electron chi connectivity index (χ3n) is 5.16. The Hall–Kier alpha value is -4.04. The fourth-order valence-electron chi connectivity index (χ4n) is 3.62. The molecule has 5 rings (SSSR count).